The van der Waals surface area contributed by atoms with Crippen LogP contribution in [-0.2, 0) is 4.79 Å². The van der Waals surface area contributed by atoms with E-state index in [9.17, 15) is 4.79 Å². The van der Waals surface area contributed by atoms with Crippen LogP contribution in [0.3, 0.4) is 0 Å². The van der Waals surface area contributed by atoms with Gasteiger partial charge in [0, 0.05) is 0 Å². The molecule has 0 saturated carbocycles. The van der Waals surface area contributed by atoms with Gasteiger partial charge in [0.25, 0.3) is 0 Å². The van der Waals surface area contributed by atoms with E-state index in [2.05, 4.69) is 0 Å². The molecule has 0 aliphatic heterocycles. The average molecular weight is 216 g/mol. The fourth-order valence-electron chi connectivity index (χ4n) is 1.45. The van der Waals surface area contributed by atoms with Gasteiger partial charge in [-0.3, -0.25) is 0 Å². The third kappa shape index (κ3) is 3.09. The van der Waals surface area contributed by atoms with Crippen molar-refractivity contribution in [3.8, 4) is 0 Å². The molecule has 1 rings (SSSR count). The van der Waals surface area contributed by atoms with Crippen LogP contribution in [0, 0.1) is 6.92 Å². The molecule has 0 atom stereocenters. The van der Waals surface area contributed by atoms with E-state index in [-0.39, 0.29) is 0 Å². The molecule has 2 heteroatoms. The summed E-state index contributed by atoms with van der Waals surface area (Å²) in [5.41, 5.74) is 2.08. The van der Waals surface area contributed by atoms with Gasteiger partial charge in [0.15, 0.2) is 0 Å². The van der Waals surface area contributed by atoms with Crippen LogP contribution in [0.1, 0.15) is 24.5 Å². The average Bonchev–Trinajstić information content (AvgIpc) is 2.25. The highest BCUT2D eigenvalue weighted by molar-refractivity contribution is 6.16. The Morgan fingerprint density at radius 3 is 2.62 bits per heavy atom. The summed E-state index contributed by atoms with van der Waals surface area (Å²) >= 11 is 0. The SMILES string of the molecule is CC/C=C/C=C(/C(=O)O)c1ccccc1C. The molecule has 0 fully saturated rings. The molecule has 0 saturated heterocycles. The number of hydrogen-bond donors (Lipinski definition) is 1. The predicted molar refractivity (Wildman–Crippen MR) is 66.2 cm³/mol. The Kier molecular flexibility index (Phi) is 4.52. The Morgan fingerprint density at radius 2 is 2.06 bits per heavy atom. The second-order valence-corrected chi connectivity index (χ2v) is 3.54. The minimum atomic E-state index is -0.893. The van der Waals surface area contributed by atoms with Gasteiger partial charge in [-0.2, -0.15) is 0 Å². The molecular formula is C14H16O2. The molecule has 0 heterocycles. The minimum Gasteiger partial charge on any atom is -0.478 e. The van der Waals surface area contributed by atoms with Gasteiger partial charge in [-0.25, -0.2) is 4.79 Å². The molecule has 0 aliphatic carbocycles. The second-order valence-electron chi connectivity index (χ2n) is 3.54. The van der Waals surface area contributed by atoms with E-state index >= 15 is 0 Å². The number of carboxylic acids is 1. The first-order valence-corrected chi connectivity index (χ1v) is 5.33. The van der Waals surface area contributed by atoms with E-state index in [0.29, 0.717) is 5.57 Å². The van der Waals surface area contributed by atoms with Crippen molar-refractivity contribution in [2.75, 3.05) is 0 Å². The van der Waals surface area contributed by atoms with Crippen molar-refractivity contribution in [2.45, 2.75) is 20.3 Å². The summed E-state index contributed by atoms with van der Waals surface area (Å²) in [5, 5.41) is 9.15. The van der Waals surface area contributed by atoms with Gasteiger partial charge in [-0.05, 0) is 30.5 Å². The van der Waals surface area contributed by atoms with Crippen LogP contribution in [0.25, 0.3) is 5.57 Å². The molecule has 0 spiro atoms. The fraction of sp³-hybridized carbons (Fsp3) is 0.214. The molecule has 0 aliphatic rings. The highest BCUT2D eigenvalue weighted by atomic mass is 16.4. The minimum absolute atomic E-state index is 0.336. The molecule has 1 N–H and O–H groups in total. The van der Waals surface area contributed by atoms with Crippen molar-refractivity contribution in [3.63, 3.8) is 0 Å². The lowest BCUT2D eigenvalue weighted by molar-refractivity contribution is -0.130. The largest absolute Gasteiger partial charge is 0.478 e. The Bertz CT molecular complexity index is 428. The summed E-state index contributed by atoms with van der Waals surface area (Å²) in [5.74, 6) is -0.893. The highest BCUT2D eigenvalue weighted by Gasteiger charge is 2.10. The predicted octanol–water partition coefficient (Wildman–Crippen LogP) is 3.43. The zero-order valence-electron chi connectivity index (χ0n) is 9.60. The summed E-state index contributed by atoms with van der Waals surface area (Å²) in [6.45, 7) is 3.92. The maximum atomic E-state index is 11.1. The normalized spacial score (nSPS) is 12.0. The topological polar surface area (TPSA) is 37.3 Å². The molecule has 0 bridgehead atoms. The van der Waals surface area contributed by atoms with Crippen LogP contribution in [0.4, 0.5) is 0 Å². The van der Waals surface area contributed by atoms with Crippen LogP contribution >= 0.6 is 0 Å². The number of aliphatic carboxylic acids is 1. The third-order valence-corrected chi connectivity index (χ3v) is 2.30. The van der Waals surface area contributed by atoms with Crippen molar-refractivity contribution in [2.24, 2.45) is 0 Å². The van der Waals surface area contributed by atoms with Gasteiger partial charge in [0.05, 0.1) is 5.57 Å². The summed E-state index contributed by atoms with van der Waals surface area (Å²) in [7, 11) is 0. The first-order chi connectivity index (χ1) is 7.66. The number of carboxylic acid groups (broad SMARTS) is 1. The number of benzene rings is 1. The number of carbonyl (C=O) groups is 1. The lowest BCUT2D eigenvalue weighted by atomic mass is 10.0. The fourth-order valence-corrected chi connectivity index (χ4v) is 1.45. The molecule has 1 aromatic rings. The quantitative estimate of drug-likeness (QED) is 0.618. The highest BCUT2D eigenvalue weighted by Crippen LogP contribution is 2.18. The van der Waals surface area contributed by atoms with E-state index in [0.717, 1.165) is 17.5 Å². The van der Waals surface area contributed by atoms with E-state index in [1.165, 1.54) is 0 Å². The number of allylic oxidation sites excluding steroid dienone is 3. The maximum absolute atomic E-state index is 11.1. The molecule has 84 valence electrons. The molecule has 0 aromatic heterocycles. The summed E-state index contributed by atoms with van der Waals surface area (Å²) < 4.78 is 0. The van der Waals surface area contributed by atoms with Gasteiger partial charge in [0.1, 0.15) is 0 Å². The lowest BCUT2D eigenvalue weighted by Crippen LogP contribution is -2.01. The summed E-state index contributed by atoms with van der Waals surface area (Å²) in [6.07, 6.45) is 6.27. The molecule has 1 aromatic carbocycles. The Labute approximate surface area is 95.9 Å². The zero-order valence-corrected chi connectivity index (χ0v) is 9.60. The summed E-state index contributed by atoms with van der Waals surface area (Å²) in [6, 6.07) is 7.49. The molecular weight excluding hydrogens is 200 g/mol. The molecule has 2 nitrogen and oxygen atoms in total. The molecule has 16 heavy (non-hydrogen) atoms. The third-order valence-electron chi connectivity index (χ3n) is 2.30. The monoisotopic (exact) mass is 216 g/mol. The van der Waals surface area contributed by atoms with E-state index in [1.807, 2.05) is 44.2 Å². The van der Waals surface area contributed by atoms with E-state index in [1.54, 1.807) is 12.2 Å². The van der Waals surface area contributed by atoms with Gasteiger partial charge < -0.3 is 5.11 Å². The standard InChI is InChI=1S/C14H16O2/c1-3-4-5-10-13(14(15)16)12-9-7-6-8-11(12)2/h4-10H,3H2,1-2H3,(H,15,16)/b5-4+,13-10+. The first-order valence-electron chi connectivity index (χ1n) is 5.33. The van der Waals surface area contributed by atoms with Gasteiger partial charge >= 0.3 is 5.97 Å². The van der Waals surface area contributed by atoms with Gasteiger partial charge in [-0.15, -0.1) is 0 Å². The second kappa shape index (κ2) is 5.91. The smallest absolute Gasteiger partial charge is 0.336 e. The van der Waals surface area contributed by atoms with Crippen molar-refractivity contribution >= 4 is 11.5 Å². The number of rotatable bonds is 4. The van der Waals surface area contributed by atoms with Crippen LogP contribution in [0.15, 0.2) is 42.5 Å². The molecule has 0 radical (unpaired) electrons. The Morgan fingerprint density at radius 1 is 1.38 bits per heavy atom. The van der Waals surface area contributed by atoms with Crippen molar-refractivity contribution in [3.05, 3.63) is 53.6 Å². The molecule has 0 amide bonds. The molecule has 0 unspecified atom stereocenters. The van der Waals surface area contributed by atoms with E-state index in [4.69, 9.17) is 5.11 Å². The lowest BCUT2D eigenvalue weighted by Gasteiger charge is -2.05. The van der Waals surface area contributed by atoms with Crippen LogP contribution in [0.2, 0.25) is 0 Å². The Hall–Kier alpha value is -1.83. The van der Waals surface area contributed by atoms with Crippen molar-refractivity contribution in [1.29, 1.82) is 0 Å². The number of hydrogen-bond acceptors (Lipinski definition) is 1. The van der Waals surface area contributed by atoms with Crippen LogP contribution < -0.4 is 0 Å². The van der Waals surface area contributed by atoms with Crippen molar-refractivity contribution in [1.82, 2.24) is 0 Å². The summed E-state index contributed by atoms with van der Waals surface area (Å²) in [4.78, 5) is 11.1. The van der Waals surface area contributed by atoms with Gasteiger partial charge in [-0.1, -0.05) is 43.3 Å². The maximum Gasteiger partial charge on any atom is 0.336 e. The first kappa shape index (κ1) is 12.2. The zero-order chi connectivity index (χ0) is 12.0. The van der Waals surface area contributed by atoms with Crippen LogP contribution in [-0.4, -0.2) is 11.1 Å². The number of aryl methyl sites for hydroxylation is 1. The van der Waals surface area contributed by atoms with Crippen molar-refractivity contribution < 1.29 is 9.90 Å². The van der Waals surface area contributed by atoms with Crippen LogP contribution in [0.5, 0.6) is 0 Å². The van der Waals surface area contributed by atoms with Gasteiger partial charge in [0.2, 0.25) is 0 Å². The Balaban J connectivity index is 3.13. The van der Waals surface area contributed by atoms with E-state index < -0.39 is 5.97 Å².